The van der Waals surface area contributed by atoms with Crippen LogP contribution in [0.15, 0.2) is 36.8 Å². The lowest BCUT2D eigenvalue weighted by Crippen LogP contribution is -2.51. The molecule has 0 spiro atoms. The highest BCUT2D eigenvalue weighted by atomic mass is 19.1. The molecule has 0 aromatic carbocycles. The SMILES string of the molecule is COC1(C(=O)N[C@@H](C)c2ccc(-n3cc(F)cn3)nc2)CCC(c2nc3c(c(Nc4cc(C)[nH]n4)n2)NC(=O)CC3)CC1. The van der Waals surface area contributed by atoms with Crippen molar-refractivity contribution in [3.8, 4) is 5.82 Å². The summed E-state index contributed by atoms with van der Waals surface area (Å²) in [4.78, 5) is 39.7. The number of carbonyl (C=O) groups is 2. The van der Waals surface area contributed by atoms with Crippen molar-refractivity contribution < 1.29 is 18.7 Å². The number of aromatic nitrogens is 7. The number of halogens is 1. The summed E-state index contributed by atoms with van der Waals surface area (Å²) in [5, 5.41) is 20.3. The summed E-state index contributed by atoms with van der Waals surface area (Å²) in [5.41, 5.74) is 2.07. The lowest BCUT2D eigenvalue weighted by Gasteiger charge is -2.38. The van der Waals surface area contributed by atoms with Crippen LogP contribution in [-0.4, -0.2) is 59.5 Å². The van der Waals surface area contributed by atoms with Gasteiger partial charge in [-0.3, -0.25) is 14.7 Å². The number of methoxy groups -OCH3 is 1. The van der Waals surface area contributed by atoms with Crippen LogP contribution in [0.3, 0.4) is 0 Å². The van der Waals surface area contributed by atoms with Gasteiger partial charge in [0.25, 0.3) is 5.91 Å². The highest BCUT2D eigenvalue weighted by Crippen LogP contribution is 2.41. The van der Waals surface area contributed by atoms with Crippen LogP contribution in [0.2, 0.25) is 0 Å². The standard InChI is InChI=1S/C29H33FN10O3/c1-16-12-22(39-38-16)35-27-25-21(5-7-24(41)36-25)34-26(37-27)18-8-10-29(43-3,11-9-18)28(42)33-17(2)19-4-6-23(31-13-19)40-15-20(30)14-32-40/h4,6,12-15,17-18H,5,7-11H2,1-3H3,(H,33,42)(H,36,41)(H2,34,35,37,38,39)/t17-,18?,29?/m0/s1. The lowest BCUT2D eigenvalue weighted by atomic mass is 9.77. The van der Waals surface area contributed by atoms with E-state index in [1.54, 1.807) is 19.4 Å². The molecule has 4 aromatic heterocycles. The molecule has 1 saturated carbocycles. The van der Waals surface area contributed by atoms with E-state index >= 15 is 0 Å². The third-order valence-corrected chi connectivity index (χ3v) is 8.17. The maximum Gasteiger partial charge on any atom is 0.252 e. The number of carbonyl (C=O) groups excluding carboxylic acids is 2. The molecular weight excluding hydrogens is 555 g/mol. The quantitative estimate of drug-likeness (QED) is 0.240. The molecule has 6 rings (SSSR count). The van der Waals surface area contributed by atoms with Crippen molar-refractivity contribution in [2.24, 2.45) is 0 Å². The predicted octanol–water partition coefficient (Wildman–Crippen LogP) is 3.78. The van der Waals surface area contributed by atoms with Gasteiger partial charge in [0.2, 0.25) is 5.91 Å². The fourth-order valence-corrected chi connectivity index (χ4v) is 5.64. The zero-order valence-electron chi connectivity index (χ0n) is 24.1. The largest absolute Gasteiger partial charge is 0.368 e. The molecule has 224 valence electrons. The average Bonchev–Trinajstić information content (AvgIpc) is 3.64. The van der Waals surface area contributed by atoms with Crippen LogP contribution in [0.4, 0.5) is 21.7 Å². The van der Waals surface area contributed by atoms with Gasteiger partial charge in [0.1, 0.15) is 17.1 Å². The highest BCUT2D eigenvalue weighted by molar-refractivity contribution is 5.97. The fourth-order valence-electron chi connectivity index (χ4n) is 5.64. The van der Waals surface area contributed by atoms with Crippen molar-refractivity contribution in [2.75, 3.05) is 17.7 Å². The Morgan fingerprint density at radius 1 is 1.21 bits per heavy atom. The second kappa shape index (κ2) is 11.5. The molecule has 0 unspecified atom stereocenters. The molecule has 0 radical (unpaired) electrons. The smallest absolute Gasteiger partial charge is 0.252 e. The number of pyridine rings is 1. The van der Waals surface area contributed by atoms with Crippen molar-refractivity contribution in [1.29, 1.82) is 0 Å². The third-order valence-electron chi connectivity index (χ3n) is 8.17. The first-order valence-electron chi connectivity index (χ1n) is 14.3. The normalized spacial score (nSPS) is 20.7. The molecule has 1 aliphatic carbocycles. The maximum absolute atomic E-state index is 13.5. The van der Waals surface area contributed by atoms with Gasteiger partial charge in [-0.25, -0.2) is 24.0 Å². The van der Waals surface area contributed by atoms with Gasteiger partial charge in [-0.2, -0.15) is 10.2 Å². The molecule has 0 saturated heterocycles. The van der Waals surface area contributed by atoms with Crippen molar-refractivity contribution in [1.82, 2.24) is 40.2 Å². The molecular formula is C29H33FN10O3. The number of aromatic amines is 1. The molecule has 2 aliphatic rings. The number of hydrogen-bond acceptors (Lipinski definition) is 9. The van der Waals surface area contributed by atoms with Crippen LogP contribution in [0.25, 0.3) is 5.82 Å². The number of amides is 2. The van der Waals surface area contributed by atoms with Gasteiger partial charge in [0.15, 0.2) is 23.3 Å². The van der Waals surface area contributed by atoms with Gasteiger partial charge in [0.05, 0.1) is 24.1 Å². The van der Waals surface area contributed by atoms with Crippen molar-refractivity contribution in [2.45, 2.75) is 69.9 Å². The number of ether oxygens (including phenoxy) is 1. The summed E-state index contributed by atoms with van der Waals surface area (Å²) in [6, 6.07) is 5.08. The molecule has 43 heavy (non-hydrogen) atoms. The Kier molecular flexibility index (Phi) is 7.61. The van der Waals surface area contributed by atoms with E-state index in [4.69, 9.17) is 14.7 Å². The molecule has 1 atom stereocenters. The molecule has 1 aliphatic heterocycles. The molecule has 5 heterocycles. The van der Waals surface area contributed by atoms with E-state index in [-0.39, 0.29) is 23.8 Å². The Morgan fingerprint density at radius 3 is 2.67 bits per heavy atom. The van der Waals surface area contributed by atoms with Gasteiger partial charge < -0.3 is 20.7 Å². The molecule has 4 aromatic rings. The van der Waals surface area contributed by atoms with Crippen LogP contribution >= 0.6 is 0 Å². The first kappa shape index (κ1) is 28.4. The van der Waals surface area contributed by atoms with Crippen molar-refractivity contribution in [3.63, 3.8) is 0 Å². The van der Waals surface area contributed by atoms with E-state index in [2.05, 4.69) is 36.2 Å². The minimum Gasteiger partial charge on any atom is -0.368 e. The highest BCUT2D eigenvalue weighted by Gasteiger charge is 2.43. The molecule has 1 fully saturated rings. The van der Waals surface area contributed by atoms with Crippen LogP contribution in [-0.2, 0) is 20.7 Å². The van der Waals surface area contributed by atoms with Gasteiger partial charge in [0, 0.05) is 43.8 Å². The van der Waals surface area contributed by atoms with Gasteiger partial charge in [-0.1, -0.05) is 6.07 Å². The van der Waals surface area contributed by atoms with E-state index in [1.807, 2.05) is 26.0 Å². The first-order valence-corrected chi connectivity index (χ1v) is 14.3. The van der Waals surface area contributed by atoms with E-state index in [1.165, 1.54) is 10.9 Å². The molecule has 0 bridgehead atoms. The maximum atomic E-state index is 13.5. The van der Waals surface area contributed by atoms with E-state index in [0.29, 0.717) is 67.5 Å². The van der Waals surface area contributed by atoms with Crippen molar-refractivity contribution >= 4 is 29.1 Å². The minimum atomic E-state index is -0.986. The number of nitrogens with one attached hydrogen (secondary N) is 4. The zero-order valence-corrected chi connectivity index (χ0v) is 24.1. The van der Waals surface area contributed by atoms with Crippen LogP contribution in [0, 0.1) is 12.7 Å². The molecule has 13 nitrogen and oxygen atoms in total. The van der Waals surface area contributed by atoms with E-state index in [9.17, 15) is 14.0 Å². The summed E-state index contributed by atoms with van der Waals surface area (Å²) in [7, 11) is 1.57. The number of anilines is 3. The number of hydrogen-bond donors (Lipinski definition) is 4. The van der Waals surface area contributed by atoms with Crippen LogP contribution < -0.4 is 16.0 Å². The second-order valence-electron chi connectivity index (χ2n) is 11.1. The fraction of sp³-hybridized carbons (Fsp3) is 0.414. The van der Waals surface area contributed by atoms with Crippen LogP contribution in [0.5, 0.6) is 0 Å². The number of fused-ring (bicyclic) bond motifs is 1. The Morgan fingerprint density at radius 2 is 2.02 bits per heavy atom. The minimum absolute atomic E-state index is 0.0155. The van der Waals surface area contributed by atoms with E-state index in [0.717, 1.165) is 23.1 Å². The Hall–Kier alpha value is -4.72. The third kappa shape index (κ3) is 5.82. The molecule has 2 amide bonds. The summed E-state index contributed by atoms with van der Waals surface area (Å²) in [6.07, 6.45) is 7.18. The molecule has 4 N–H and O–H groups in total. The monoisotopic (exact) mass is 588 g/mol. The lowest BCUT2D eigenvalue weighted by molar-refractivity contribution is -0.148. The average molecular weight is 589 g/mol. The topological polar surface area (TPSA) is 165 Å². The number of nitrogens with zero attached hydrogens (tertiary/aromatic N) is 6. The Bertz CT molecular complexity index is 1640. The second-order valence-corrected chi connectivity index (χ2v) is 11.1. The van der Waals surface area contributed by atoms with Gasteiger partial charge >= 0.3 is 0 Å². The summed E-state index contributed by atoms with van der Waals surface area (Å²) >= 11 is 0. The summed E-state index contributed by atoms with van der Waals surface area (Å²) in [6.45, 7) is 3.78. The Balaban J connectivity index is 1.14. The number of rotatable bonds is 8. The summed E-state index contributed by atoms with van der Waals surface area (Å²) in [5.74, 6) is 1.55. The Labute approximate surface area is 247 Å². The first-order chi connectivity index (χ1) is 20.7. The zero-order chi connectivity index (χ0) is 30.1. The number of H-pyrrole nitrogens is 1. The molecule has 14 heteroatoms. The van der Waals surface area contributed by atoms with Crippen molar-refractivity contribution in [3.05, 3.63) is 65.4 Å². The number of aryl methyl sites for hydroxylation is 2. The van der Waals surface area contributed by atoms with Crippen LogP contribution in [0.1, 0.15) is 73.8 Å². The van der Waals surface area contributed by atoms with Gasteiger partial charge in [-0.05, 0) is 51.2 Å². The van der Waals surface area contributed by atoms with Gasteiger partial charge in [-0.15, -0.1) is 0 Å². The summed E-state index contributed by atoms with van der Waals surface area (Å²) < 4.78 is 20.5. The predicted molar refractivity (Wildman–Crippen MR) is 154 cm³/mol. The van der Waals surface area contributed by atoms with E-state index < -0.39 is 11.4 Å².